The van der Waals surface area contributed by atoms with Crippen LogP contribution in [-0.4, -0.2) is 48.5 Å². The molecule has 1 aliphatic heterocycles. The molecule has 1 saturated heterocycles. The molecule has 1 fully saturated rings. The highest BCUT2D eigenvalue weighted by molar-refractivity contribution is 5.91. The lowest BCUT2D eigenvalue weighted by Gasteiger charge is -2.39. The smallest absolute Gasteiger partial charge is 0.267 e. The Hall–Kier alpha value is -1.82. The van der Waals surface area contributed by atoms with Gasteiger partial charge in [-0.25, -0.2) is 4.98 Å². The van der Waals surface area contributed by atoms with Crippen molar-refractivity contribution in [1.82, 2.24) is 9.88 Å². The number of primary amides is 1. The Morgan fingerprint density at radius 2 is 2.17 bits per heavy atom. The number of rotatable bonds is 2. The zero-order valence-electron chi connectivity index (χ0n) is 10.8. The lowest BCUT2D eigenvalue weighted by molar-refractivity contribution is 0.0995. The minimum Gasteiger partial charge on any atom is -0.396 e. The number of piperazine rings is 1. The van der Waals surface area contributed by atoms with E-state index < -0.39 is 5.91 Å². The van der Waals surface area contributed by atoms with Gasteiger partial charge in [-0.2, -0.15) is 0 Å². The number of hydrogen-bond acceptors (Lipinski definition) is 5. The Bertz CT molecular complexity index is 462. The topological polar surface area (TPSA) is 88.5 Å². The summed E-state index contributed by atoms with van der Waals surface area (Å²) in [7, 11) is 2.09. The van der Waals surface area contributed by atoms with E-state index in [1.165, 1.54) is 0 Å². The lowest BCUT2D eigenvalue weighted by atomic mass is 10.2. The van der Waals surface area contributed by atoms with Crippen molar-refractivity contribution in [3.05, 3.63) is 17.8 Å². The molecule has 0 radical (unpaired) electrons. The van der Waals surface area contributed by atoms with Crippen molar-refractivity contribution in [3.63, 3.8) is 0 Å². The maximum absolute atomic E-state index is 11.2. The summed E-state index contributed by atoms with van der Waals surface area (Å²) in [5.74, 6) is 0.130. The van der Waals surface area contributed by atoms with Crippen LogP contribution in [0.5, 0.6) is 0 Å². The molecule has 1 amide bonds. The van der Waals surface area contributed by atoms with Gasteiger partial charge in [-0.1, -0.05) is 0 Å². The van der Waals surface area contributed by atoms with Crippen molar-refractivity contribution in [1.29, 1.82) is 0 Å². The SMILES string of the molecule is CC1CN(C)CCN1c1nc(C(N)=O)ccc1N. The Morgan fingerprint density at radius 3 is 2.78 bits per heavy atom. The molecule has 98 valence electrons. The molecule has 1 aromatic rings. The number of carbonyl (C=O) groups is 1. The third-order valence-electron chi connectivity index (χ3n) is 3.26. The minimum absolute atomic E-state index is 0.255. The quantitative estimate of drug-likeness (QED) is 0.764. The zero-order valence-corrected chi connectivity index (χ0v) is 10.8. The fourth-order valence-corrected chi connectivity index (χ4v) is 2.28. The normalized spacial score (nSPS) is 21.0. The Kier molecular flexibility index (Phi) is 3.38. The monoisotopic (exact) mass is 249 g/mol. The minimum atomic E-state index is -0.530. The fraction of sp³-hybridized carbons (Fsp3) is 0.500. The summed E-state index contributed by atoms with van der Waals surface area (Å²) in [5.41, 5.74) is 12.0. The van der Waals surface area contributed by atoms with E-state index in [9.17, 15) is 4.79 Å². The number of anilines is 2. The van der Waals surface area contributed by atoms with E-state index in [1.807, 2.05) is 0 Å². The van der Waals surface area contributed by atoms with Crippen LogP contribution < -0.4 is 16.4 Å². The van der Waals surface area contributed by atoms with Gasteiger partial charge in [0.1, 0.15) is 5.69 Å². The number of nitrogens with two attached hydrogens (primary N) is 2. The van der Waals surface area contributed by atoms with Gasteiger partial charge in [-0.05, 0) is 26.1 Å². The van der Waals surface area contributed by atoms with Crippen LogP contribution in [0.2, 0.25) is 0 Å². The molecular weight excluding hydrogens is 230 g/mol. The first-order valence-corrected chi connectivity index (χ1v) is 6.00. The molecule has 1 aliphatic rings. The van der Waals surface area contributed by atoms with Gasteiger partial charge < -0.3 is 21.3 Å². The van der Waals surface area contributed by atoms with Crippen LogP contribution in [0.1, 0.15) is 17.4 Å². The molecular formula is C12H19N5O. The summed E-state index contributed by atoms with van der Waals surface area (Å²) in [6.45, 7) is 4.86. The van der Waals surface area contributed by atoms with Crippen molar-refractivity contribution in [2.45, 2.75) is 13.0 Å². The van der Waals surface area contributed by atoms with E-state index in [2.05, 4.69) is 28.8 Å². The largest absolute Gasteiger partial charge is 0.396 e. The van der Waals surface area contributed by atoms with Gasteiger partial charge in [0, 0.05) is 25.7 Å². The third-order valence-corrected chi connectivity index (χ3v) is 3.26. The van der Waals surface area contributed by atoms with Crippen LogP contribution >= 0.6 is 0 Å². The predicted octanol–water partition coefficient (Wildman–Crippen LogP) is -0.0970. The zero-order chi connectivity index (χ0) is 13.3. The summed E-state index contributed by atoms with van der Waals surface area (Å²) in [6.07, 6.45) is 0. The van der Waals surface area contributed by atoms with Gasteiger partial charge in [0.15, 0.2) is 5.82 Å². The fourth-order valence-electron chi connectivity index (χ4n) is 2.28. The Balaban J connectivity index is 2.32. The second-order valence-corrected chi connectivity index (χ2v) is 4.78. The summed E-state index contributed by atoms with van der Waals surface area (Å²) in [5, 5.41) is 0. The highest BCUT2D eigenvalue weighted by atomic mass is 16.1. The van der Waals surface area contributed by atoms with Crippen LogP contribution in [0.25, 0.3) is 0 Å². The molecule has 4 N–H and O–H groups in total. The van der Waals surface area contributed by atoms with E-state index in [0.717, 1.165) is 19.6 Å². The number of hydrogen-bond donors (Lipinski definition) is 2. The van der Waals surface area contributed by atoms with Gasteiger partial charge in [0.2, 0.25) is 0 Å². The van der Waals surface area contributed by atoms with Crippen LogP contribution in [0.4, 0.5) is 11.5 Å². The summed E-state index contributed by atoms with van der Waals surface area (Å²) in [4.78, 5) is 19.8. The number of carbonyl (C=O) groups excluding carboxylic acids is 1. The summed E-state index contributed by atoms with van der Waals surface area (Å²) in [6, 6.07) is 3.55. The lowest BCUT2D eigenvalue weighted by Crippen LogP contribution is -2.51. The average Bonchev–Trinajstić information content (AvgIpc) is 2.30. The molecule has 18 heavy (non-hydrogen) atoms. The van der Waals surface area contributed by atoms with E-state index in [4.69, 9.17) is 11.5 Å². The highest BCUT2D eigenvalue weighted by Gasteiger charge is 2.24. The van der Waals surface area contributed by atoms with E-state index in [0.29, 0.717) is 17.5 Å². The second-order valence-electron chi connectivity index (χ2n) is 4.78. The maximum atomic E-state index is 11.2. The van der Waals surface area contributed by atoms with Gasteiger partial charge in [0.05, 0.1) is 5.69 Å². The number of likely N-dealkylation sites (N-methyl/N-ethyl adjacent to an activating group) is 1. The third kappa shape index (κ3) is 2.38. The highest BCUT2D eigenvalue weighted by Crippen LogP contribution is 2.24. The number of aromatic nitrogens is 1. The standard InChI is InChI=1S/C12H19N5O/c1-8-7-16(2)5-6-17(8)12-9(13)3-4-10(15-12)11(14)18/h3-4,8H,5-7,13H2,1-2H3,(H2,14,18). The number of nitrogens with zero attached hydrogens (tertiary/aromatic N) is 3. The van der Waals surface area contributed by atoms with Crippen LogP contribution in [0.15, 0.2) is 12.1 Å². The first kappa shape index (κ1) is 12.6. The molecule has 1 aromatic heterocycles. The van der Waals surface area contributed by atoms with E-state index >= 15 is 0 Å². The van der Waals surface area contributed by atoms with Gasteiger partial charge in [-0.3, -0.25) is 4.79 Å². The van der Waals surface area contributed by atoms with E-state index in [-0.39, 0.29) is 5.69 Å². The summed E-state index contributed by atoms with van der Waals surface area (Å²) < 4.78 is 0. The van der Waals surface area contributed by atoms with Crippen molar-refractivity contribution in [2.24, 2.45) is 5.73 Å². The molecule has 0 spiro atoms. The molecule has 2 rings (SSSR count). The first-order chi connectivity index (χ1) is 8.49. The number of nitrogen functional groups attached to an aromatic ring is 1. The molecule has 6 nitrogen and oxygen atoms in total. The number of amides is 1. The molecule has 0 bridgehead atoms. The van der Waals surface area contributed by atoms with Crippen molar-refractivity contribution >= 4 is 17.4 Å². The molecule has 1 unspecified atom stereocenters. The second kappa shape index (κ2) is 4.81. The molecule has 0 aromatic carbocycles. The van der Waals surface area contributed by atoms with Crippen LogP contribution in [0.3, 0.4) is 0 Å². The average molecular weight is 249 g/mol. The van der Waals surface area contributed by atoms with Gasteiger partial charge in [-0.15, -0.1) is 0 Å². The molecule has 0 aliphatic carbocycles. The van der Waals surface area contributed by atoms with Crippen LogP contribution in [-0.2, 0) is 0 Å². The van der Waals surface area contributed by atoms with E-state index in [1.54, 1.807) is 12.1 Å². The Morgan fingerprint density at radius 1 is 1.44 bits per heavy atom. The first-order valence-electron chi connectivity index (χ1n) is 6.00. The summed E-state index contributed by atoms with van der Waals surface area (Å²) >= 11 is 0. The predicted molar refractivity (Wildman–Crippen MR) is 71.5 cm³/mol. The molecule has 6 heteroatoms. The molecule has 1 atom stereocenters. The molecule has 0 saturated carbocycles. The Labute approximate surface area is 107 Å². The van der Waals surface area contributed by atoms with Crippen molar-refractivity contribution in [2.75, 3.05) is 37.3 Å². The molecule has 2 heterocycles. The van der Waals surface area contributed by atoms with Crippen molar-refractivity contribution in [3.8, 4) is 0 Å². The van der Waals surface area contributed by atoms with Gasteiger partial charge in [0.25, 0.3) is 5.91 Å². The van der Waals surface area contributed by atoms with Crippen LogP contribution in [0, 0.1) is 0 Å². The number of pyridine rings is 1. The van der Waals surface area contributed by atoms with Crippen molar-refractivity contribution < 1.29 is 4.79 Å². The van der Waals surface area contributed by atoms with Gasteiger partial charge >= 0.3 is 0 Å². The maximum Gasteiger partial charge on any atom is 0.267 e.